The first-order valence-corrected chi connectivity index (χ1v) is 9.25. The topological polar surface area (TPSA) is 44.6 Å². The molecule has 0 unspecified atom stereocenters. The first kappa shape index (κ1) is 21.5. The molecule has 0 amide bonds. The van der Waals surface area contributed by atoms with Gasteiger partial charge in [-0.2, -0.15) is 17.8 Å². The SMILES string of the molecule is C/C=C\N([C-]=NC)c1[c-]c(-n2[c-][n+](-c3ccccc3O)c3ccccc32)ccc1.[Pt]. The van der Waals surface area contributed by atoms with Crippen molar-refractivity contribution < 1.29 is 30.7 Å². The Morgan fingerprint density at radius 2 is 1.83 bits per heavy atom. The standard InChI is InChI=1S/C24H20N4O.Pt/c1-3-15-26(17-25-2)19-9-8-10-20(16-19)27-18-28(22-12-5-4-11-21(22)27)23-13-6-7-14-24(23)29;/h3-15,29H,1-2H3;/q-2;/b15-3-;. The molecule has 0 aliphatic rings. The number of hydrogen-bond acceptors (Lipinski definition) is 2. The minimum atomic E-state index is 0. The van der Waals surface area contributed by atoms with Crippen molar-refractivity contribution in [2.45, 2.75) is 6.92 Å². The van der Waals surface area contributed by atoms with E-state index in [1.807, 2.05) is 82.9 Å². The number of fused-ring (bicyclic) bond motifs is 1. The van der Waals surface area contributed by atoms with Crippen molar-refractivity contribution in [2.75, 3.05) is 11.9 Å². The predicted molar refractivity (Wildman–Crippen MR) is 115 cm³/mol. The van der Waals surface area contributed by atoms with Crippen LogP contribution in [0.3, 0.4) is 0 Å². The Labute approximate surface area is 190 Å². The fourth-order valence-corrected chi connectivity index (χ4v) is 3.21. The van der Waals surface area contributed by atoms with E-state index in [2.05, 4.69) is 23.7 Å². The molecule has 0 aliphatic carbocycles. The fourth-order valence-electron chi connectivity index (χ4n) is 3.21. The third-order valence-electron chi connectivity index (χ3n) is 4.46. The molecular formula is C24H20N4OPt-2. The maximum Gasteiger partial charge on any atom is 0.268 e. The van der Waals surface area contributed by atoms with Gasteiger partial charge in [-0.25, -0.2) is 12.1 Å². The second kappa shape index (κ2) is 9.55. The van der Waals surface area contributed by atoms with Crippen LogP contribution in [0.4, 0.5) is 5.69 Å². The Kier molecular flexibility index (Phi) is 6.86. The second-order valence-corrected chi connectivity index (χ2v) is 6.35. The Bertz CT molecular complexity index is 1200. The van der Waals surface area contributed by atoms with Crippen LogP contribution in [0.5, 0.6) is 5.75 Å². The van der Waals surface area contributed by atoms with Crippen LogP contribution in [0.15, 0.2) is 84.0 Å². The molecule has 30 heavy (non-hydrogen) atoms. The molecule has 4 rings (SSSR count). The number of rotatable bonds is 5. The number of hydrogen-bond donors (Lipinski definition) is 1. The summed E-state index contributed by atoms with van der Waals surface area (Å²) < 4.78 is 3.79. The van der Waals surface area contributed by atoms with Crippen LogP contribution in [-0.4, -0.2) is 23.1 Å². The molecule has 0 bridgehead atoms. The van der Waals surface area contributed by atoms with E-state index in [4.69, 9.17) is 0 Å². The molecule has 0 atom stereocenters. The molecule has 4 aromatic rings. The van der Waals surface area contributed by atoms with Crippen molar-refractivity contribution in [1.82, 2.24) is 4.57 Å². The number of aliphatic imine (C=N–C) groups is 1. The van der Waals surface area contributed by atoms with Crippen molar-refractivity contribution in [2.24, 2.45) is 4.99 Å². The van der Waals surface area contributed by atoms with Crippen LogP contribution < -0.4 is 9.47 Å². The number of nitrogens with zero attached hydrogens (tertiary/aromatic N) is 4. The number of aromatic hydroxyl groups is 1. The second-order valence-electron chi connectivity index (χ2n) is 6.35. The molecule has 1 heterocycles. The third kappa shape index (κ3) is 4.07. The van der Waals surface area contributed by atoms with Gasteiger partial charge in [-0.05, 0) is 12.1 Å². The van der Waals surface area contributed by atoms with Gasteiger partial charge in [-0.3, -0.25) is 4.57 Å². The fraction of sp³-hybridized carbons (Fsp3) is 0.0833. The van der Waals surface area contributed by atoms with E-state index in [1.165, 1.54) is 0 Å². The van der Waals surface area contributed by atoms with Gasteiger partial charge in [-0.15, -0.1) is 12.3 Å². The van der Waals surface area contributed by atoms with Crippen LogP contribution in [0, 0.1) is 12.4 Å². The number of benzene rings is 3. The Morgan fingerprint density at radius 3 is 2.60 bits per heavy atom. The summed E-state index contributed by atoms with van der Waals surface area (Å²) in [6.07, 6.45) is 10.1. The Morgan fingerprint density at radius 1 is 1.07 bits per heavy atom. The molecule has 0 fully saturated rings. The number of imidazole rings is 1. The molecule has 0 saturated carbocycles. The monoisotopic (exact) mass is 575 g/mol. The van der Waals surface area contributed by atoms with Gasteiger partial charge in [0.15, 0.2) is 0 Å². The van der Waals surface area contributed by atoms with Crippen LogP contribution in [0.25, 0.3) is 22.4 Å². The molecule has 0 spiro atoms. The normalized spacial score (nSPS) is 11.3. The average molecular weight is 576 g/mol. The molecule has 0 aliphatic heterocycles. The van der Waals surface area contributed by atoms with Crippen molar-refractivity contribution in [3.8, 4) is 17.1 Å². The van der Waals surface area contributed by atoms with Gasteiger partial charge in [0.1, 0.15) is 11.4 Å². The van der Waals surface area contributed by atoms with Crippen LogP contribution in [-0.2, 0) is 21.1 Å². The van der Waals surface area contributed by atoms with Crippen LogP contribution in [0.1, 0.15) is 6.92 Å². The molecule has 1 aromatic heterocycles. The van der Waals surface area contributed by atoms with Gasteiger partial charge in [0.05, 0.1) is 11.0 Å². The van der Waals surface area contributed by atoms with E-state index >= 15 is 0 Å². The number of anilines is 1. The summed E-state index contributed by atoms with van der Waals surface area (Å²) in [4.78, 5) is 5.78. The molecular weight excluding hydrogens is 555 g/mol. The van der Waals surface area contributed by atoms with E-state index in [-0.39, 0.29) is 26.8 Å². The largest absolute Gasteiger partial charge is 0.511 e. The first-order valence-electron chi connectivity index (χ1n) is 9.25. The minimum Gasteiger partial charge on any atom is -0.511 e. The van der Waals surface area contributed by atoms with E-state index in [0.717, 1.165) is 22.4 Å². The summed E-state index contributed by atoms with van der Waals surface area (Å²) in [5, 5.41) is 10.3. The van der Waals surface area contributed by atoms with E-state index in [1.54, 1.807) is 24.1 Å². The predicted octanol–water partition coefficient (Wildman–Crippen LogP) is 4.09. The molecule has 154 valence electrons. The molecule has 1 N–H and O–H groups in total. The maximum absolute atomic E-state index is 10.3. The van der Waals surface area contributed by atoms with Gasteiger partial charge in [0.25, 0.3) is 6.33 Å². The number of aromatic nitrogens is 2. The number of allylic oxidation sites excluding steroid dienone is 1. The smallest absolute Gasteiger partial charge is 0.268 e. The maximum atomic E-state index is 10.3. The van der Waals surface area contributed by atoms with Gasteiger partial charge in [0.2, 0.25) is 0 Å². The summed E-state index contributed by atoms with van der Waals surface area (Å²) in [5.41, 5.74) is 4.18. The minimum absolute atomic E-state index is 0. The molecule has 3 aromatic carbocycles. The summed E-state index contributed by atoms with van der Waals surface area (Å²) in [6.45, 7) is 1.94. The average Bonchev–Trinajstić information content (AvgIpc) is 3.14. The number of para-hydroxylation sites is 4. The van der Waals surface area contributed by atoms with Crippen molar-refractivity contribution in [3.63, 3.8) is 0 Å². The van der Waals surface area contributed by atoms with Crippen molar-refractivity contribution in [3.05, 3.63) is 91.4 Å². The summed E-state index contributed by atoms with van der Waals surface area (Å²) in [5.74, 6) is 0.197. The van der Waals surface area contributed by atoms with Crippen molar-refractivity contribution in [1.29, 1.82) is 0 Å². The van der Waals surface area contributed by atoms with Gasteiger partial charge in [0, 0.05) is 34.5 Å². The molecule has 0 saturated heterocycles. The van der Waals surface area contributed by atoms with E-state index in [0.29, 0.717) is 5.69 Å². The van der Waals surface area contributed by atoms with Crippen molar-refractivity contribution >= 4 is 23.1 Å². The van der Waals surface area contributed by atoms with Crippen LogP contribution in [0.2, 0.25) is 0 Å². The van der Waals surface area contributed by atoms with Gasteiger partial charge < -0.3 is 19.6 Å². The number of phenols is 1. The van der Waals surface area contributed by atoms with Crippen LogP contribution >= 0.6 is 0 Å². The molecule has 5 nitrogen and oxygen atoms in total. The zero-order chi connectivity index (χ0) is 20.2. The Balaban J connectivity index is 0.00000256. The van der Waals surface area contributed by atoms with Gasteiger partial charge >= 0.3 is 0 Å². The summed E-state index contributed by atoms with van der Waals surface area (Å²) in [7, 11) is 1.68. The quantitative estimate of drug-likeness (QED) is 0.128. The van der Waals surface area contributed by atoms with E-state index in [9.17, 15) is 5.11 Å². The first-order chi connectivity index (χ1) is 14.2. The zero-order valence-corrected chi connectivity index (χ0v) is 18.8. The Hall–Kier alpha value is -3.17. The molecule has 0 radical (unpaired) electrons. The summed E-state index contributed by atoms with van der Waals surface area (Å²) >= 11 is 0. The zero-order valence-electron chi connectivity index (χ0n) is 16.6. The third-order valence-corrected chi connectivity index (χ3v) is 4.46. The molecule has 6 heteroatoms. The summed E-state index contributed by atoms with van der Waals surface area (Å²) in [6, 6.07) is 24.5. The number of phenolic OH excluding ortho intramolecular Hbond substituents is 1. The van der Waals surface area contributed by atoms with Gasteiger partial charge in [-0.1, -0.05) is 49.0 Å². The van der Waals surface area contributed by atoms with E-state index < -0.39 is 0 Å².